The molecule has 2 fully saturated rings. The van der Waals surface area contributed by atoms with Crippen LogP contribution in [0.4, 0.5) is 0 Å². The molecule has 9 heteroatoms. The van der Waals surface area contributed by atoms with Crippen LogP contribution in [0.2, 0.25) is 0 Å². The summed E-state index contributed by atoms with van der Waals surface area (Å²) in [5, 5.41) is 9.87. The molecule has 0 bridgehead atoms. The summed E-state index contributed by atoms with van der Waals surface area (Å²) >= 11 is 0. The second-order valence-corrected chi connectivity index (χ2v) is 7.18. The van der Waals surface area contributed by atoms with Crippen LogP contribution in [0, 0.1) is 5.92 Å². The fourth-order valence-corrected chi connectivity index (χ4v) is 3.31. The topological polar surface area (TPSA) is 113 Å². The Hall–Kier alpha value is -1.84. The third-order valence-corrected chi connectivity index (χ3v) is 4.60. The van der Waals surface area contributed by atoms with Crippen LogP contribution < -0.4 is 0 Å². The number of carbonyl (C=O) groups is 4. The average molecular weight is 372 g/mol. The highest BCUT2D eigenvalue weighted by Gasteiger charge is 2.50. The lowest BCUT2D eigenvalue weighted by atomic mass is 9.84. The van der Waals surface area contributed by atoms with Crippen molar-refractivity contribution in [1.82, 2.24) is 9.80 Å². The Kier molecular flexibility index (Phi) is 7.43. The average Bonchev–Trinajstić information content (AvgIpc) is 3.03. The predicted octanol–water partition coefficient (Wildman–Crippen LogP) is -1.14. The van der Waals surface area contributed by atoms with Crippen LogP contribution in [0.3, 0.4) is 0 Å². The van der Waals surface area contributed by atoms with E-state index in [1.54, 1.807) is 23.9 Å². The smallest absolute Gasteiger partial charge is 0.323 e. The zero-order valence-electron chi connectivity index (χ0n) is 16.1. The monoisotopic (exact) mass is 372 g/mol. The van der Waals surface area contributed by atoms with Gasteiger partial charge < -0.3 is 14.6 Å². The second kappa shape index (κ2) is 8.70. The molecule has 1 N–H and O–H groups in total. The van der Waals surface area contributed by atoms with Gasteiger partial charge in [-0.3, -0.25) is 29.0 Å². The van der Waals surface area contributed by atoms with Gasteiger partial charge in [0.15, 0.2) is 5.78 Å². The number of ketones is 2. The lowest BCUT2D eigenvalue weighted by Crippen LogP contribution is -2.47. The van der Waals surface area contributed by atoms with Gasteiger partial charge >= 0.3 is 11.9 Å². The first kappa shape index (κ1) is 22.2. The first-order valence-electron chi connectivity index (χ1n) is 8.27. The summed E-state index contributed by atoms with van der Waals surface area (Å²) in [6, 6.07) is -1.03. The number of likely N-dealkylation sites (N-methyl/N-ethyl adjacent to an activating group) is 2. The number of likely N-dealkylation sites (tertiary alicyclic amines) is 2. The molecule has 2 saturated heterocycles. The molecule has 0 aromatic heterocycles. The molecule has 26 heavy (non-hydrogen) atoms. The van der Waals surface area contributed by atoms with E-state index in [9.17, 15) is 24.3 Å². The number of methoxy groups -OCH3 is 2. The minimum Gasteiger partial charge on any atom is -0.468 e. The number of aliphatic hydroxyl groups is 1. The third-order valence-electron chi connectivity index (χ3n) is 4.60. The minimum absolute atomic E-state index is 0.0999. The Morgan fingerprint density at radius 3 is 1.96 bits per heavy atom. The van der Waals surface area contributed by atoms with E-state index in [-0.39, 0.29) is 30.1 Å². The van der Waals surface area contributed by atoms with Gasteiger partial charge in [0.1, 0.15) is 17.9 Å². The molecule has 0 aromatic carbocycles. The fraction of sp³-hybridized carbons (Fsp3) is 0.765. The Bertz CT molecular complexity index is 570. The second-order valence-electron chi connectivity index (χ2n) is 7.18. The zero-order valence-corrected chi connectivity index (χ0v) is 16.1. The van der Waals surface area contributed by atoms with E-state index in [2.05, 4.69) is 9.47 Å². The van der Waals surface area contributed by atoms with Gasteiger partial charge in [0, 0.05) is 6.42 Å². The molecular formula is C17H28N2O7. The number of esters is 2. The van der Waals surface area contributed by atoms with E-state index in [4.69, 9.17) is 0 Å². The highest BCUT2D eigenvalue weighted by atomic mass is 16.5. The number of carbonyl (C=O) groups excluding carboxylic acids is 4. The first-order valence-corrected chi connectivity index (χ1v) is 8.27. The van der Waals surface area contributed by atoms with Crippen LogP contribution in [-0.2, 0) is 28.7 Å². The van der Waals surface area contributed by atoms with Gasteiger partial charge in [-0.25, -0.2) is 0 Å². The lowest BCUT2D eigenvalue weighted by Gasteiger charge is -2.29. The van der Waals surface area contributed by atoms with Crippen molar-refractivity contribution < 1.29 is 33.8 Å². The highest BCUT2D eigenvalue weighted by molar-refractivity contribution is 5.94. The molecule has 2 aliphatic rings. The molecule has 0 radical (unpaired) electrons. The van der Waals surface area contributed by atoms with Crippen molar-refractivity contribution in [3.63, 3.8) is 0 Å². The Morgan fingerprint density at radius 1 is 1.04 bits per heavy atom. The van der Waals surface area contributed by atoms with Crippen LogP contribution in [-0.4, -0.2) is 97.5 Å². The zero-order chi connectivity index (χ0) is 20.2. The number of hydrogen-bond acceptors (Lipinski definition) is 9. The van der Waals surface area contributed by atoms with Gasteiger partial charge in [-0.05, 0) is 27.9 Å². The fourth-order valence-electron chi connectivity index (χ4n) is 3.31. The minimum atomic E-state index is -1.21. The summed E-state index contributed by atoms with van der Waals surface area (Å²) in [7, 11) is 6.02. The molecule has 9 nitrogen and oxygen atoms in total. The van der Waals surface area contributed by atoms with Crippen molar-refractivity contribution in [3.05, 3.63) is 0 Å². The molecule has 0 aliphatic carbocycles. The Balaban J connectivity index is 0.000000273. The molecule has 0 saturated carbocycles. The molecule has 0 amide bonds. The molecule has 0 spiro atoms. The molecule has 0 unspecified atom stereocenters. The largest absolute Gasteiger partial charge is 0.468 e. The standard InChI is InChI=1S/C10H17NO4.C7H11NO3/c1-10(2,14)7-6(12)5-11(3)8(7)9(13)15-4;1-8-4-5(9)3-6(8)7(10)11-2/h7-8,14H,5H2,1-4H3;6H,3-4H2,1-2H3/t7-,8-;6-/m00/s1. The molecule has 2 rings (SSSR count). The van der Waals surface area contributed by atoms with E-state index in [1.807, 2.05) is 0 Å². The normalized spacial score (nSPS) is 27.1. The molecule has 2 aliphatic heterocycles. The van der Waals surface area contributed by atoms with E-state index in [1.165, 1.54) is 28.1 Å². The van der Waals surface area contributed by atoms with Gasteiger partial charge in [-0.1, -0.05) is 0 Å². The molecule has 0 aromatic rings. The SMILES string of the molecule is COC(=O)[C@@H]1CC(=O)CN1C.COC(=O)[C@@H]1[C@@H](C(C)(C)O)C(=O)CN1C. The highest BCUT2D eigenvalue weighted by Crippen LogP contribution is 2.30. The number of rotatable bonds is 3. The van der Waals surface area contributed by atoms with Crippen molar-refractivity contribution >= 4 is 23.5 Å². The van der Waals surface area contributed by atoms with Crippen LogP contribution in [0.25, 0.3) is 0 Å². The summed E-state index contributed by atoms with van der Waals surface area (Å²) in [4.78, 5) is 48.3. The van der Waals surface area contributed by atoms with Crippen molar-refractivity contribution in [2.24, 2.45) is 5.92 Å². The Labute approximate surface area is 153 Å². The maximum Gasteiger partial charge on any atom is 0.323 e. The predicted molar refractivity (Wildman–Crippen MR) is 91.3 cm³/mol. The van der Waals surface area contributed by atoms with E-state index < -0.39 is 23.5 Å². The molecule has 3 atom stereocenters. The molecule has 148 valence electrons. The van der Waals surface area contributed by atoms with Crippen molar-refractivity contribution in [1.29, 1.82) is 0 Å². The van der Waals surface area contributed by atoms with Crippen LogP contribution >= 0.6 is 0 Å². The third kappa shape index (κ3) is 5.09. The van der Waals surface area contributed by atoms with Crippen molar-refractivity contribution in [2.75, 3.05) is 41.4 Å². The first-order chi connectivity index (χ1) is 11.9. The van der Waals surface area contributed by atoms with E-state index in [0.717, 1.165) is 0 Å². The van der Waals surface area contributed by atoms with Crippen LogP contribution in [0.1, 0.15) is 20.3 Å². The summed E-state index contributed by atoms with van der Waals surface area (Å²) in [6.07, 6.45) is 0.295. The summed E-state index contributed by atoms with van der Waals surface area (Å²) in [6.45, 7) is 3.60. The maximum atomic E-state index is 11.7. The van der Waals surface area contributed by atoms with Gasteiger partial charge in [-0.15, -0.1) is 0 Å². The summed E-state index contributed by atoms with van der Waals surface area (Å²) < 4.78 is 9.15. The van der Waals surface area contributed by atoms with E-state index in [0.29, 0.717) is 13.0 Å². The quantitative estimate of drug-likeness (QED) is 0.614. The van der Waals surface area contributed by atoms with E-state index >= 15 is 0 Å². The van der Waals surface area contributed by atoms with Crippen molar-refractivity contribution in [2.45, 2.75) is 38.0 Å². The lowest BCUT2D eigenvalue weighted by molar-refractivity contribution is -0.151. The summed E-state index contributed by atoms with van der Waals surface area (Å²) in [5.41, 5.74) is -1.21. The molecular weight excluding hydrogens is 344 g/mol. The Morgan fingerprint density at radius 2 is 1.58 bits per heavy atom. The molecule has 2 heterocycles. The van der Waals surface area contributed by atoms with Gasteiger partial charge in [0.05, 0.1) is 38.8 Å². The van der Waals surface area contributed by atoms with Crippen LogP contribution in [0.5, 0.6) is 0 Å². The van der Waals surface area contributed by atoms with Crippen LogP contribution in [0.15, 0.2) is 0 Å². The van der Waals surface area contributed by atoms with Gasteiger partial charge in [-0.2, -0.15) is 0 Å². The number of Topliss-reactive ketones (excluding diaryl/α,β-unsaturated/α-hetero) is 2. The number of hydrogen-bond donors (Lipinski definition) is 1. The van der Waals surface area contributed by atoms with Gasteiger partial charge in [0.2, 0.25) is 0 Å². The van der Waals surface area contributed by atoms with Crippen molar-refractivity contribution in [3.8, 4) is 0 Å². The summed E-state index contributed by atoms with van der Waals surface area (Å²) in [5.74, 6) is -1.54. The van der Waals surface area contributed by atoms with Gasteiger partial charge in [0.25, 0.3) is 0 Å². The maximum absolute atomic E-state index is 11.7. The number of ether oxygens (including phenoxy) is 2. The number of nitrogens with zero attached hydrogens (tertiary/aromatic N) is 2.